The molecule has 1 aliphatic heterocycles. The van der Waals surface area contributed by atoms with Crippen molar-refractivity contribution in [2.24, 2.45) is 0 Å². The van der Waals surface area contributed by atoms with Gasteiger partial charge in [-0.2, -0.15) is 0 Å². The quantitative estimate of drug-likeness (QED) is 0.528. The number of carbonyl (C=O) groups excluding carboxylic acids is 2. The summed E-state index contributed by atoms with van der Waals surface area (Å²) < 4.78 is 4.99. The second-order valence-electron chi connectivity index (χ2n) is 8.32. The number of aromatic nitrogens is 2. The number of rotatable bonds is 10. The lowest BCUT2D eigenvalue weighted by molar-refractivity contribution is -0.125. The van der Waals surface area contributed by atoms with E-state index in [1.54, 1.807) is 6.92 Å². The molecule has 0 bridgehead atoms. The van der Waals surface area contributed by atoms with Gasteiger partial charge in [-0.3, -0.25) is 9.69 Å². The van der Waals surface area contributed by atoms with Crippen molar-refractivity contribution in [2.45, 2.75) is 13.0 Å². The molecule has 1 N–H and O–H groups in total. The van der Waals surface area contributed by atoms with E-state index in [2.05, 4.69) is 25.1 Å². The molecule has 182 valence electrons. The van der Waals surface area contributed by atoms with Gasteiger partial charge in [0.25, 0.3) is 0 Å². The molecule has 34 heavy (non-hydrogen) atoms. The summed E-state index contributed by atoms with van der Waals surface area (Å²) in [7, 11) is 3.97. The van der Waals surface area contributed by atoms with Gasteiger partial charge in [0.1, 0.15) is 6.04 Å². The monoisotopic (exact) mass is 466 g/mol. The molecular formula is C25H34N6O3. The van der Waals surface area contributed by atoms with Gasteiger partial charge in [-0.15, -0.1) is 0 Å². The lowest BCUT2D eigenvalue weighted by Gasteiger charge is -2.37. The van der Waals surface area contributed by atoms with E-state index >= 15 is 0 Å². The topological polar surface area (TPSA) is 90.9 Å². The molecular weight excluding hydrogens is 432 g/mol. The van der Waals surface area contributed by atoms with Crippen molar-refractivity contribution in [1.29, 1.82) is 0 Å². The lowest BCUT2D eigenvalue weighted by Crippen LogP contribution is -2.55. The van der Waals surface area contributed by atoms with Crippen LogP contribution in [0.2, 0.25) is 0 Å². The van der Waals surface area contributed by atoms with Crippen molar-refractivity contribution < 1.29 is 14.3 Å². The molecule has 9 nitrogen and oxygen atoms in total. The van der Waals surface area contributed by atoms with Gasteiger partial charge in [-0.1, -0.05) is 42.5 Å². The van der Waals surface area contributed by atoms with Crippen molar-refractivity contribution in [3.05, 3.63) is 59.9 Å². The Labute approximate surface area is 201 Å². The number of ether oxygens (including phenoxy) is 1. The summed E-state index contributed by atoms with van der Waals surface area (Å²) in [5.41, 5.74) is 1.40. The van der Waals surface area contributed by atoms with E-state index < -0.39 is 5.97 Å². The third-order valence-corrected chi connectivity index (χ3v) is 5.54. The molecule has 1 atom stereocenters. The highest BCUT2D eigenvalue weighted by molar-refractivity contribution is 5.88. The molecule has 1 aromatic heterocycles. The number of carbonyl (C=O) groups is 2. The Balaban J connectivity index is 1.64. The summed E-state index contributed by atoms with van der Waals surface area (Å²) in [6.45, 7) is 6.19. The van der Waals surface area contributed by atoms with E-state index in [9.17, 15) is 9.59 Å². The maximum atomic E-state index is 13.0. The summed E-state index contributed by atoms with van der Waals surface area (Å²) in [6, 6.07) is 9.62. The third-order valence-electron chi connectivity index (χ3n) is 5.54. The zero-order valence-corrected chi connectivity index (χ0v) is 20.2. The van der Waals surface area contributed by atoms with Crippen LogP contribution in [0.4, 0.5) is 5.95 Å². The highest BCUT2D eigenvalue weighted by atomic mass is 16.5. The van der Waals surface area contributed by atoms with Crippen molar-refractivity contribution in [3.63, 3.8) is 0 Å². The highest BCUT2D eigenvalue weighted by Gasteiger charge is 2.28. The predicted molar refractivity (Wildman–Crippen MR) is 133 cm³/mol. The minimum atomic E-state index is -0.424. The minimum absolute atomic E-state index is 0.00230. The molecule has 1 amide bonds. The molecule has 1 aliphatic rings. The van der Waals surface area contributed by atoms with Gasteiger partial charge in [-0.05, 0) is 26.6 Å². The molecule has 2 aromatic rings. The Morgan fingerprint density at radius 3 is 2.41 bits per heavy atom. The Kier molecular flexibility index (Phi) is 9.54. The molecule has 1 unspecified atom stereocenters. The summed E-state index contributed by atoms with van der Waals surface area (Å²) in [5.74, 6) is 0.143. The average molecular weight is 467 g/mol. The first-order chi connectivity index (χ1) is 16.5. The number of amides is 1. The van der Waals surface area contributed by atoms with E-state index in [-0.39, 0.29) is 11.9 Å². The number of likely N-dealkylation sites (N-methyl/N-ethyl adjacent to an activating group) is 1. The summed E-state index contributed by atoms with van der Waals surface area (Å²) >= 11 is 0. The van der Waals surface area contributed by atoms with Crippen LogP contribution in [0.5, 0.6) is 0 Å². The molecule has 3 rings (SSSR count). The van der Waals surface area contributed by atoms with Crippen LogP contribution in [0.3, 0.4) is 0 Å². The number of benzene rings is 1. The Hall–Kier alpha value is -3.30. The van der Waals surface area contributed by atoms with E-state index in [1.165, 1.54) is 12.4 Å². The van der Waals surface area contributed by atoms with Gasteiger partial charge in [-0.25, -0.2) is 14.8 Å². The summed E-state index contributed by atoms with van der Waals surface area (Å²) in [5, 5.41) is 3.06. The van der Waals surface area contributed by atoms with Crippen molar-refractivity contribution in [3.8, 4) is 0 Å². The molecule has 1 saturated heterocycles. The van der Waals surface area contributed by atoms with Gasteiger partial charge in [0.2, 0.25) is 11.9 Å². The number of piperazine rings is 1. The molecule has 9 heteroatoms. The van der Waals surface area contributed by atoms with E-state index in [0.717, 1.165) is 12.1 Å². The summed E-state index contributed by atoms with van der Waals surface area (Å²) in [6.07, 6.45) is 6.97. The number of anilines is 1. The van der Waals surface area contributed by atoms with Gasteiger partial charge < -0.3 is 19.9 Å². The largest absolute Gasteiger partial charge is 0.462 e. The maximum absolute atomic E-state index is 13.0. The van der Waals surface area contributed by atoms with Crippen LogP contribution in [-0.2, 0) is 9.53 Å². The van der Waals surface area contributed by atoms with E-state index in [1.807, 2.05) is 61.5 Å². The Bertz CT molecular complexity index is 941. The first-order valence-corrected chi connectivity index (χ1v) is 11.6. The fourth-order valence-electron chi connectivity index (χ4n) is 3.65. The zero-order valence-electron chi connectivity index (χ0n) is 20.2. The van der Waals surface area contributed by atoms with Gasteiger partial charge >= 0.3 is 5.97 Å². The minimum Gasteiger partial charge on any atom is -0.462 e. The van der Waals surface area contributed by atoms with Crippen LogP contribution >= 0.6 is 0 Å². The number of nitrogens with zero attached hydrogens (tertiary/aromatic N) is 5. The zero-order chi connectivity index (χ0) is 24.3. The summed E-state index contributed by atoms with van der Waals surface area (Å²) in [4.78, 5) is 39.8. The van der Waals surface area contributed by atoms with Crippen LogP contribution in [0.15, 0.2) is 48.8 Å². The van der Waals surface area contributed by atoms with E-state index in [0.29, 0.717) is 50.8 Å². The second-order valence-corrected chi connectivity index (χ2v) is 8.32. The fourth-order valence-corrected chi connectivity index (χ4v) is 3.65. The number of nitrogens with one attached hydrogen (secondary N) is 1. The van der Waals surface area contributed by atoms with Crippen molar-refractivity contribution in [1.82, 2.24) is 25.1 Å². The maximum Gasteiger partial charge on any atom is 0.341 e. The Morgan fingerprint density at radius 1 is 1.12 bits per heavy atom. The van der Waals surface area contributed by atoms with Gasteiger partial charge in [0, 0.05) is 51.7 Å². The van der Waals surface area contributed by atoms with E-state index in [4.69, 9.17) is 4.74 Å². The number of hydrogen-bond donors (Lipinski definition) is 1. The average Bonchev–Trinajstić information content (AvgIpc) is 2.85. The van der Waals surface area contributed by atoms with Crippen LogP contribution in [0, 0.1) is 0 Å². The standard InChI is InChI=1S/C25H34N6O3/c1-4-34-24(33)21-18-27-25(28-19-21)31-16-14-30(15-17-31)22(23(32)26-12-13-29(2)3)11-10-20-8-6-5-7-9-20/h5-11,18-19,22H,4,12-17H2,1-3H3,(H,26,32)/b11-10+. The molecule has 0 radical (unpaired) electrons. The second kappa shape index (κ2) is 12.8. The number of hydrogen-bond acceptors (Lipinski definition) is 8. The molecule has 0 spiro atoms. The third kappa shape index (κ3) is 7.36. The number of esters is 1. The highest BCUT2D eigenvalue weighted by Crippen LogP contribution is 2.15. The normalized spacial score (nSPS) is 15.5. The first-order valence-electron chi connectivity index (χ1n) is 11.6. The van der Waals surface area contributed by atoms with Crippen LogP contribution in [0.1, 0.15) is 22.8 Å². The van der Waals surface area contributed by atoms with Crippen LogP contribution in [-0.4, -0.2) is 97.7 Å². The first kappa shape index (κ1) is 25.3. The molecule has 0 aliphatic carbocycles. The van der Waals surface area contributed by atoms with Crippen LogP contribution < -0.4 is 10.2 Å². The van der Waals surface area contributed by atoms with Crippen molar-refractivity contribution in [2.75, 3.05) is 64.9 Å². The molecule has 1 aromatic carbocycles. The van der Waals surface area contributed by atoms with Gasteiger partial charge in [0.15, 0.2) is 0 Å². The smallest absolute Gasteiger partial charge is 0.341 e. The van der Waals surface area contributed by atoms with Crippen LogP contribution in [0.25, 0.3) is 6.08 Å². The predicted octanol–water partition coefficient (Wildman–Crippen LogP) is 1.54. The SMILES string of the molecule is CCOC(=O)c1cnc(N2CCN(C(/C=C/c3ccccc3)C(=O)NCCN(C)C)CC2)nc1. The van der Waals surface area contributed by atoms with Gasteiger partial charge in [0.05, 0.1) is 12.2 Å². The molecule has 2 heterocycles. The lowest BCUT2D eigenvalue weighted by atomic mass is 10.1. The molecule has 0 saturated carbocycles. The fraction of sp³-hybridized carbons (Fsp3) is 0.440. The van der Waals surface area contributed by atoms with Crippen molar-refractivity contribution >= 4 is 23.9 Å². The Morgan fingerprint density at radius 2 is 1.79 bits per heavy atom. The molecule has 1 fully saturated rings.